The van der Waals surface area contributed by atoms with Crippen LogP contribution in [0, 0.1) is 0 Å². The maximum atomic E-state index is 12.0. The Kier molecular flexibility index (Phi) is 5.32. The number of thiazole rings is 1. The zero-order valence-corrected chi connectivity index (χ0v) is 17.8. The van der Waals surface area contributed by atoms with Crippen molar-refractivity contribution in [3.8, 4) is 0 Å². The lowest BCUT2D eigenvalue weighted by Gasteiger charge is -2.18. The lowest BCUT2D eigenvalue weighted by molar-refractivity contribution is 0.0636. The molecular formula is C23H23N3O3S. The smallest absolute Gasteiger partial charge is 0.413 e. The predicted molar refractivity (Wildman–Crippen MR) is 122 cm³/mol. The molecule has 0 aliphatic heterocycles. The number of nitrogens with zero attached hydrogens (tertiary/aromatic N) is 1. The number of aliphatic hydroxyl groups is 1. The quantitative estimate of drug-likeness (QED) is 0.357. The van der Waals surface area contributed by atoms with E-state index in [2.05, 4.69) is 21.7 Å². The number of ether oxygens (including phenoxy) is 1. The number of hydrogen-bond donors (Lipinski definition) is 3. The van der Waals surface area contributed by atoms with Crippen molar-refractivity contribution in [3.63, 3.8) is 0 Å². The van der Waals surface area contributed by atoms with Crippen LogP contribution in [0.4, 0.5) is 15.6 Å². The summed E-state index contributed by atoms with van der Waals surface area (Å²) in [6.07, 6.45) is -1.42. The van der Waals surface area contributed by atoms with E-state index < -0.39 is 17.9 Å². The summed E-state index contributed by atoms with van der Waals surface area (Å²) in [6.45, 7) is 5.42. The lowest BCUT2D eigenvalue weighted by atomic mass is 10.1. The first kappa shape index (κ1) is 20.1. The Labute approximate surface area is 178 Å². The number of nitrogens with one attached hydrogen (secondary N) is 2. The fourth-order valence-electron chi connectivity index (χ4n) is 3.08. The second-order valence-electron chi connectivity index (χ2n) is 7.98. The molecule has 0 saturated carbocycles. The maximum Gasteiger partial charge on any atom is 0.413 e. The highest BCUT2D eigenvalue weighted by Gasteiger charge is 2.18. The van der Waals surface area contributed by atoms with Crippen LogP contribution in [0.15, 0.2) is 60.7 Å². The Morgan fingerprint density at radius 2 is 1.83 bits per heavy atom. The van der Waals surface area contributed by atoms with Crippen LogP contribution in [0.2, 0.25) is 0 Å². The number of aromatic nitrogens is 1. The molecule has 0 bridgehead atoms. The molecule has 1 amide bonds. The standard InChI is InChI=1S/C23H23N3O3S/c1-23(2,3)29-22(28)26-21-25-18-11-9-16(13-19(18)30-21)20(27)24-17-10-8-14-6-4-5-7-15(14)12-17/h4-13,20,24,27H,1-3H3,(H,25,26,28). The average molecular weight is 422 g/mol. The van der Waals surface area contributed by atoms with Gasteiger partial charge < -0.3 is 15.2 Å². The first-order valence-electron chi connectivity index (χ1n) is 9.61. The van der Waals surface area contributed by atoms with Crippen molar-refractivity contribution in [3.05, 3.63) is 66.2 Å². The van der Waals surface area contributed by atoms with E-state index in [1.54, 1.807) is 20.8 Å². The third-order valence-corrected chi connectivity index (χ3v) is 5.32. The molecule has 0 aliphatic rings. The van der Waals surface area contributed by atoms with Crippen molar-refractivity contribution < 1.29 is 14.6 Å². The Balaban J connectivity index is 1.50. The highest BCUT2D eigenvalue weighted by molar-refractivity contribution is 7.22. The Morgan fingerprint density at radius 3 is 2.60 bits per heavy atom. The van der Waals surface area contributed by atoms with Gasteiger partial charge in [0.2, 0.25) is 0 Å². The van der Waals surface area contributed by atoms with Gasteiger partial charge in [0.15, 0.2) is 11.4 Å². The molecule has 1 heterocycles. The number of aliphatic hydroxyl groups excluding tert-OH is 1. The number of hydrogen-bond acceptors (Lipinski definition) is 6. The predicted octanol–water partition coefficient (Wildman–Crippen LogP) is 5.90. The molecule has 0 fully saturated rings. The summed E-state index contributed by atoms with van der Waals surface area (Å²) in [5, 5.41) is 19.2. The zero-order chi connectivity index (χ0) is 21.3. The van der Waals surface area contributed by atoms with Crippen LogP contribution >= 0.6 is 11.3 Å². The van der Waals surface area contributed by atoms with Crippen LogP contribution in [0.5, 0.6) is 0 Å². The molecule has 0 radical (unpaired) electrons. The third kappa shape index (κ3) is 4.69. The van der Waals surface area contributed by atoms with Crippen LogP contribution in [0.25, 0.3) is 21.0 Å². The second kappa shape index (κ2) is 7.93. The monoisotopic (exact) mass is 421 g/mol. The van der Waals surface area contributed by atoms with Crippen molar-refractivity contribution >= 4 is 49.2 Å². The molecule has 7 heteroatoms. The fourth-order valence-corrected chi connectivity index (χ4v) is 3.98. The van der Waals surface area contributed by atoms with Gasteiger partial charge >= 0.3 is 6.09 Å². The summed E-state index contributed by atoms with van der Waals surface area (Å²) < 4.78 is 6.12. The molecular weight excluding hydrogens is 398 g/mol. The summed E-state index contributed by atoms with van der Waals surface area (Å²) in [5.74, 6) is 0. The van der Waals surface area contributed by atoms with Crippen molar-refractivity contribution in [2.24, 2.45) is 0 Å². The van der Waals surface area contributed by atoms with Gasteiger partial charge in [-0.2, -0.15) is 0 Å². The van der Waals surface area contributed by atoms with Gasteiger partial charge in [-0.1, -0.05) is 47.7 Å². The highest BCUT2D eigenvalue weighted by atomic mass is 32.1. The summed E-state index contributed by atoms with van der Waals surface area (Å²) in [6, 6.07) is 19.6. The number of carbonyl (C=O) groups is 1. The van der Waals surface area contributed by atoms with Crippen LogP contribution in [0.3, 0.4) is 0 Å². The van der Waals surface area contributed by atoms with Crippen molar-refractivity contribution in [1.82, 2.24) is 4.98 Å². The van der Waals surface area contributed by atoms with E-state index >= 15 is 0 Å². The summed E-state index contributed by atoms with van der Waals surface area (Å²) in [7, 11) is 0. The van der Waals surface area contributed by atoms with Gasteiger partial charge in [-0.25, -0.2) is 9.78 Å². The van der Waals surface area contributed by atoms with Crippen LogP contribution in [0.1, 0.15) is 32.6 Å². The van der Waals surface area contributed by atoms with Gasteiger partial charge in [0.1, 0.15) is 5.60 Å². The van der Waals surface area contributed by atoms with E-state index in [0.29, 0.717) is 10.7 Å². The molecule has 1 aromatic heterocycles. The molecule has 0 aliphatic carbocycles. The molecule has 6 nitrogen and oxygen atoms in total. The molecule has 0 saturated heterocycles. The van der Waals surface area contributed by atoms with Crippen LogP contribution in [-0.2, 0) is 4.74 Å². The van der Waals surface area contributed by atoms with Crippen molar-refractivity contribution in [1.29, 1.82) is 0 Å². The number of fused-ring (bicyclic) bond motifs is 2. The first-order chi connectivity index (χ1) is 14.3. The minimum atomic E-state index is -0.875. The zero-order valence-electron chi connectivity index (χ0n) is 17.0. The number of carbonyl (C=O) groups excluding carboxylic acids is 1. The normalized spacial score (nSPS) is 12.7. The van der Waals surface area contributed by atoms with E-state index in [1.165, 1.54) is 11.3 Å². The number of benzene rings is 3. The molecule has 3 N–H and O–H groups in total. The fraction of sp³-hybridized carbons (Fsp3) is 0.217. The number of rotatable bonds is 4. The van der Waals surface area contributed by atoms with Crippen molar-refractivity contribution in [2.45, 2.75) is 32.6 Å². The van der Waals surface area contributed by atoms with Gasteiger partial charge in [-0.05, 0) is 55.8 Å². The minimum absolute atomic E-state index is 0.452. The van der Waals surface area contributed by atoms with Gasteiger partial charge in [0, 0.05) is 11.3 Å². The van der Waals surface area contributed by atoms with E-state index in [4.69, 9.17) is 4.74 Å². The summed E-state index contributed by atoms with van der Waals surface area (Å²) in [5.41, 5.74) is 1.71. The van der Waals surface area contributed by atoms with E-state index in [1.807, 2.05) is 54.6 Å². The summed E-state index contributed by atoms with van der Waals surface area (Å²) in [4.78, 5) is 16.4. The van der Waals surface area contributed by atoms with Crippen molar-refractivity contribution in [2.75, 3.05) is 10.6 Å². The van der Waals surface area contributed by atoms with E-state index in [9.17, 15) is 9.90 Å². The number of anilines is 2. The Morgan fingerprint density at radius 1 is 1.07 bits per heavy atom. The first-order valence-corrected chi connectivity index (χ1v) is 10.4. The van der Waals surface area contributed by atoms with Gasteiger partial charge in [0.05, 0.1) is 10.2 Å². The van der Waals surface area contributed by atoms with Crippen LogP contribution in [-0.4, -0.2) is 21.8 Å². The molecule has 154 valence electrons. The SMILES string of the molecule is CC(C)(C)OC(=O)Nc1nc2ccc(C(O)Nc3ccc4ccccc4c3)cc2s1. The molecule has 1 atom stereocenters. The second-order valence-corrected chi connectivity index (χ2v) is 9.01. The Bertz CT molecular complexity index is 1210. The minimum Gasteiger partial charge on any atom is -0.444 e. The lowest BCUT2D eigenvalue weighted by Crippen LogP contribution is -2.27. The molecule has 30 heavy (non-hydrogen) atoms. The van der Waals surface area contributed by atoms with Gasteiger partial charge in [-0.15, -0.1) is 0 Å². The van der Waals surface area contributed by atoms with Crippen LogP contribution < -0.4 is 10.6 Å². The largest absolute Gasteiger partial charge is 0.444 e. The molecule has 0 spiro atoms. The molecule has 3 aromatic carbocycles. The van der Waals surface area contributed by atoms with Gasteiger partial charge in [-0.3, -0.25) is 5.32 Å². The number of amides is 1. The average Bonchev–Trinajstić information content (AvgIpc) is 3.07. The molecule has 4 aromatic rings. The summed E-state index contributed by atoms with van der Waals surface area (Å²) >= 11 is 1.33. The third-order valence-electron chi connectivity index (χ3n) is 4.39. The van der Waals surface area contributed by atoms with E-state index in [-0.39, 0.29) is 0 Å². The topological polar surface area (TPSA) is 83.5 Å². The Hall–Kier alpha value is -3.16. The highest BCUT2D eigenvalue weighted by Crippen LogP contribution is 2.30. The van der Waals surface area contributed by atoms with E-state index in [0.717, 1.165) is 26.7 Å². The molecule has 4 rings (SSSR count). The molecule has 1 unspecified atom stereocenters. The van der Waals surface area contributed by atoms with Gasteiger partial charge in [0.25, 0.3) is 0 Å². The maximum absolute atomic E-state index is 12.0.